The number of carbonyl (C=O) groups is 1. The Morgan fingerprint density at radius 3 is 2.90 bits per heavy atom. The SMILES string of the molecule is O=C(CN1CCC(CCO)C1)NCCCc1ccccc1. The molecule has 4 heteroatoms. The third-order valence-corrected chi connectivity index (χ3v) is 4.08. The van der Waals surface area contributed by atoms with E-state index in [9.17, 15) is 4.79 Å². The van der Waals surface area contributed by atoms with E-state index < -0.39 is 0 Å². The third kappa shape index (κ3) is 5.86. The summed E-state index contributed by atoms with van der Waals surface area (Å²) in [5.74, 6) is 0.675. The van der Waals surface area contributed by atoms with Crippen molar-refractivity contribution in [1.29, 1.82) is 0 Å². The van der Waals surface area contributed by atoms with Crippen LogP contribution in [0.1, 0.15) is 24.8 Å². The molecule has 1 aliphatic rings. The molecule has 4 nitrogen and oxygen atoms in total. The first kappa shape index (κ1) is 16.0. The number of aryl methyl sites for hydroxylation is 1. The van der Waals surface area contributed by atoms with E-state index in [4.69, 9.17) is 5.11 Å². The second-order valence-corrected chi connectivity index (χ2v) is 5.84. The van der Waals surface area contributed by atoms with Gasteiger partial charge in [0, 0.05) is 19.7 Å². The number of nitrogens with one attached hydrogen (secondary N) is 1. The molecule has 1 fully saturated rings. The van der Waals surface area contributed by atoms with Gasteiger partial charge in [0.05, 0.1) is 6.54 Å². The highest BCUT2D eigenvalue weighted by Gasteiger charge is 2.23. The summed E-state index contributed by atoms with van der Waals surface area (Å²) in [5.41, 5.74) is 1.32. The van der Waals surface area contributed by atoms with Gasteiger partial charge in [0.2, 0.25) is 5.91 Å². The first-order valence-electron chi connectivity index (χ1n) is 7.92. The lowest BCUT2D eigenvalue weighted by molar-refractivity contribution is -0.122. The van der Waals surface area contributed by atoms with Crippen molar-refractivity contribution in [1.82, 2.24) is 10.2 Å². The monoisotopic (exact) mass is 290 g/mol. The van der Waals surface area contributed by atoms with Gasteiger partial charge in [-0.2, -0.15) is 0 Å². The Kier molecular flexibility index (Phi) is 6.70. The Hall–Kier alpha value is -1.39. The highest BCUT2D eigenvalue weighted by Crippen LogP contribution is 2.18. The molecule has 2 N–H and O–H groups in total. The lowest BCUT2D eigenvalue weighted by Gasteiger charge is -2.15. The van der Waals surface area contributed by atoms with Gasteiger partial charge < -0.3 is 10.4 Å². The number of hydrogen-bond donors (Lipinski definition) is 2. The molecule has 0 spiro atoms. The molecular formula is C17H26N2O2. The molecule has 0 aromatic heterocycles. The number of carbonyl (C=O) groups excluding carboxylic acids is 1. The Morgan fingerprint density at radius 1 is 1.33 bits per heavy atom. The summed E-state index contributed by atoms with van der Waals surface area (Å²) in [7, 11) is 0. The van der Waals surface area contributed by atoms with Crippen molar-refractivity contribution in [3.63, 3.8) is 0 Å². The minimum Gasteiger partial charge on any atom is -0.396 e. The first-order chi connectivity index (χ1) is 10.3. The Balaban J connectivity index is 1.56. The van der Waals surface area contributed by atoms with Gasteiger partial charge in [0.25, 0.3) is 0 Å². The van der Waals surface area contributed by atoms with Crippen LogP contribution < -0.4 is 5.32 Å². The van der Waals surface area contributed by atoms with Crippen LogP contribution in [0.15, 0.2) is 30.3 Å². The molecule has 1 atom stereocenters. The van der Waals surface area contributed by atoms with Crippen LogP contribution in [0, 0.1) is 5.92 Å². The van der Waals surface area contributed by atoms with Crippen molar-refractivity contribution >= 4 is 5.91 Å². The Bertz CT molecular complexity index is 422. The normalized spacial score (nSPS) is 18.8. The maximum Gasteiger partial charge on any atom is 0.234 e. The smallest absolute Gasteiger partial charge is 0.234 e. The van der Waals surface area contributed by atoms with Crippen LogP contribution in [-0.2, 0) is 11.2 Å². The van der Waals surface area contributed by atoms with E-state index >= 15 is 0 Å². The fourth-order valence-corrected chi connectivity index (χ4v) is 2.90. The van der Waals surface area contributed by atoms with E-state index in [2.05, 4.69) is 22.3 Å². The van der Waals surface area contributed by atoms with E-state index in [0.717, 1.165) is 45.3 Å². The molecular weight excluding hydrogens is 264 g/mol. The molecule has 0 aliphatic carbocycles. The molecule has 116 valence electrons. The van der Waals surface area contributed by atoms with Gasteiger partial charge in [0.1, 0.15) is 0 Å². The molecule has 2 rings (SSSR count). The summed E-state index contributed by atoms with van der Waals surface area (Å²) in [6, 6.07) is 10.3. The number of nitrogens with zero attached hydrogens (tertiary/aromatic N) is 1. The van der Waals surface area contributed by atoms with Crippen molar-refractivity contribution in [3.8, 4) is 0 Å². The van der Waals surface area contributed by atoms with E-state index in [1.54, 1.807) is 0 Å². The van der Waals surface area contributed by atoms with Gasteiger partial charge in [-0.15, -0.1) is 0 Å². The fourth-order valence-electron chi connectivity index (χ4n) is 2.90. The molecule has 21 heavy (non-hydrogen) atoms. The van der Waals surface area contributed by atoms with Crippen molar-refractivity contribution in [2.45, 2.75) is 25.7 Å². The lowest BCUT2D eigenvalue weighted by atomic mass is 10.1. The van der Waals surface area contributed by atoms with Gasteiger partial charge >= 0.3 is 0 Å². The van der Waals surface area contributed by atoms with Crippen LogP contribution >= 0.6 is 0 Å². The summed E-state index contributed by atoms with van der Waals surface area (Å²) in [4.78, 5) is 14.1. The van der Waals surface area contributed by atoms with Crippen molar-refractivity contribution < 1.29 is 9.90 Å². The summed E-state index contributed by atoms with van der Waals surface area (Å²) >= 11 is 0. The van der Waals surface area contributed by atoms with Crippen molar-refractivity contribution in [2.24, 2.45) is 5.92 Å². The first-order valence-corrected chi connectivity index (χ1v) is 7.92. The lowest BCUT2D eigenvalue weighted by Crippen LogP contribution is -2.36. The standard InChI is InChI=1S/C17H26N2O2/c20-12-9-16-8-11-19(13-16)14-17(21)18-10-4-7-15-5-2-1-3-6-15/h1-3,5-6,16,20H,4,7-14H2,(H,18,21). The molecule has 1 heterocycles. The number of rotatable bonds is 8. The van der Waals surface area contributed by atoms with E-state index in [0.29, 0.717) is 12.5 Å². The second-order valence-electron chi connectivity index (χ2n) is 5.84. The predicted molar refractivity (Wildman–Crippen MR) is 84.0 cm³/mol. The Labute approximate surface area is 127 Å². The zero-order valence-corrected chi connectivity index (χ0v) is 12.6. The van der Waals surface area contributed by atoms with Crippen LogP contribution in [-0.4, -0.2) is 48.7 Å². The van der Waals surface area contributed by atoms with Crippen LogP contribution in [0.4, 0.5) is 0 Å². The fraction of sp³-hybridized carbons (Fsp3) is 0.588. The highest BCUT2D eigenvalue weighted by atomic mass is 16.3. The van der Waals surface area contributed by atoms with Crippen LogP contribution in [0.25, 0.3) is 0 Å². The van der Waals surface area contributed by atoms with Gasteiger partial charge in [-0.3, -0.25) is 9.69 Å². The van der Waals surface area contributed by atoms with Crippen LogP contribution in [0.5, 0.6) is 0 Å². The average Bonchev–Trinajstić information content (AvgIpc) is 2.92. The number of aliphatic hydroxyl groups excluding tert-OH is 1. The second kappa shape index (κ2) is 8.80. The summed E-state index contributed by atoms with van der Waals surface area (Å²) in [6.45, 7) is 3.40. The molecule has 1 aromatic carbocycles. The molecule has 1 aliphatic heterocycles. The van der Waals surface area contributed by atoms with Gasteiger partial charge in [0.15, 0.2) is 0 Å². The third-order valence-electron chi connectivity index (χ3n) is 4.08. The topological polar surface area (TPSA) is 52.6 Å². The minimum atomic E-state index is 0.118. The maximum absolute atomic E-state index is 11.9. The molecule has 1 amide bonds. The molecule has 1 unspecified atom stereocenters. The summed E-state index contributed by atoms with van der Waals surface area (Å²) in [5, 5.41) is 11.9. The van der Waals surface area contributed by atoms with Crippen molar-refractivity contribution in [2.75, 3.05) is 32.8 Å². The van der Waals surface area contributed by atoms with E-state index in [-0.39, 0.29) is 12.5 Å². The molecule has 0 bridgehead atoms. The summed E-state index contributed by atoms with van der Waals surface area (Å²) in [6.07, 6.45) is 3.93. The number of likely N-dealkylation sites (tertiary alicyclic amines) is 1. The highest BCUT2D eigenvalue weighted by molar-refractivity contribution is 5.78. The van der Waals surface area contributed by atoms with E-state index in [1.807, 2.05) is 18.2 Å². The molecule has 1 aromatic rings. The largest absolute Gasteiger partial charge is 0.396 e. The molecule has 0 radical (unpaired) electrons. The zero-order valence-electron chi connectivity index (χ0n) is 12.6. The molecule has 1 saturated heterocycles. The maximum atomic E-state index is 11.9. The van der Waals surface area contributed by atoms with Gasteiger partial charge in [-0.25, -0.2) is 0 Å². The molecule has 0 saturated carbocycles. The zero-order chi connectivity index (χ0) is 14.9. The quantitative estimate of drug-likeness (QED) is 0.712. The number of amides is 1. The van der Waals surface area contributed by atoms with Crippen LogP contribution in [0.3, 0.4) is 0 Å². The Morgan fingerprint density at radius 2 is 2.14 bits per heavy atom. The van der Waals surface area contributed by atoms with Gasteiger partial charge in [-0.05, 0) is 43.7 Å². The predicted octanol–water partition coefficient (Wildman–Crippen LogP) is 1.44. The van der Waals surface area contributed by atoms with Crippen LogP contribution in [0.2, 0.25) is 0 Å². The number of hydrogen-bond acceptors (Lipinski definition) is 3. The average molecular weight is 290 g/mol. The minimum absolute atomic E-state index is 0.118. The summed E-state index contributed by atoms with van der Waals surface area (Å²) < 4.78 is 0. The van der Waals surface area contributed by atoms with Gasteiger partial charge in [-0.1, -0.05) is 30.3 Å². The van der Waals surface area contributed by atoms with E-state index in [1.165, 1.54) is 5.56 Å². The van der Waals surface area contributed by atoms with Crippen molar-refractivity contribution in [3.05, 3.63) is 35.9 Å². The number of aliphatic hydroxyl groups is 1. The number of benzene rings is 1.